The Balaban J connectivity index is 1.99. The van der Waals surface area contributed by atoms with Crippen molar-refractivity contribution in [3.8, 4) is 11.3 Å². The van der Waals surface area contributed by atoms with Gasteiger partial charge in [0.05, 0.1) is 24.8 Å². The number of nitrogens with zero attached hydrogens (tertiary/aromatic N) is 2. The van der Waals surface area contributed by atoms with Crippen molar-refractivity contribution in [2.24, 2.45) is 0 Å². The van der Waals surface area contributed by atoms with E-state index in [9.17, 15) is 17.6 Å². The van der Waals surface area contributed by atoms with Crippen LogP contribution in [0.3, 0.4) is 0 Å². The van der Waals surface area contributed by atoms with E-state index in [1.807, 2.05) is 12.1 Å². The van der Waals surface area contributed by atoms with E-state index in [0.29, 0.717) is 11.3 Å². The summed E-state index contributed by atoms with van der Waals surface area (Å²) in [6, 6.07) is 5.54. The van der Waals surface area contributed by atoms with E-state index in [0.717, 1.165) is 35.1 Å². The molecule has 1 aliphatic rings. The van der Waals surface area contributed by atoms with Crippen molar-refractivity contribution in [3.05, 3.63) is 36.3 Å². The van der Waals surface area contributed by atoms with Gasteiger partial charge in [-0.1, -0.05) is 18.2 Å². The first kappa shape index (κ1) is 13.9. The zero-order valence-electron chi connectivity index (χ0n) is 11.0. The molecule has 112 valence electrons. The zero-order chi connectivity index (χ0) is 15.0. The van der Waals surface area contributed by atoms with Crippen LogP contribution in [-0.2, 0) is 13.0 Å². The molecule has 1 aromatic heterocycles. The summed E-state index contributed by atoms with van der Waals surface area (Å²) in [6.45, 7) is -0.322. The highest BCUT2D eigenvalue weighted by atomic mass is 19.3. The van der Waals surface area contributed by atoms with Crippen LogP contribution in [0.25, 0.3) is 11.3 Å². The number of halogens is 4. The number of anilines is 1. The minimum atomic E-state index is -4.08. The van der Waals surface area contributed by atoms with Crippen LogP contribution in [0, 0.1) is 0 Å². The Kier molecular flexibility index (Phi) is 3.35. The Morgan fingerprint density at radius 1 is 1.33 bits per heavy atom. The average molecular weight is 299 g/mol. The Hall–Kier alpha value is -2.05. The van der Waals surface area contributed by atoms with Crippen LogP contribution in [0.1, 0.15) is 5.56 Å². The molecule has 21 heavy (non-hydrogen) atoms. The number of para-hydroxylation sites is 1. The monoisotopic (exact) mass is 299 g/mol. The van der Waals surface area contributed by atoms with Crippen LogP contribution in [0.2, 0.25) is 0 Å². The zero-order valence-corrected chi connectivity index (χ0v) is 11.0. The van der Waals surface area contributed by atoms with Crippen molar-refractivity contribution >= 4 is 5.69 Å². The normalized spacial score (nSPS) is 14.3. The number of imidazole rings is 1. The molecule has 0 amide bonds. The maximum atomic E-state index is 13.3. The second-order valence-electron chi connectivity index (χ2n) is 4.98. The minimum Gasteiger partial charge on any atom is -0.384 e. The summed E-state index contributed by atoms with van der Waals surface area (Å²) < 4.78 is 52.3. The molecule has 1 aromatic carbocycles. The molecule has 0 saturated carbocycles. The van der Waals surface area contributed by atoms with Gasteiger partial charge in [0.1, 0.15) is 0 Å². The van der Waals surface area contributed by atoms with Gasteiger partial charge in [-0.2, -0.15) is 8.78 Å². The molecule has 0 fully saturated rings. The first-order valence-corrected chi connectivity index (χ1v) is 6.51. The molecule has 0 aliphatic carbocycles. The lowest BCUT2D eigenvalue weighted by molar-refractivity contribution is -0.137. The number of fused-ring (bicyclic) bond motifs is 1. The van der Waals surface area contributed by atoms with Crippen molar-refractivity contribution in [3.63, 3.8) is 0 Å². The van der Waals surface area contributed by atoms with Gasteiger partial charge in [0.15, 0.2) is 0 Å². The van der Waals surface area contributed by atoms with E-state index in [1.165, 1.54) is 6.20 Å². The molecule has 2 heterocycles. The quantitative estimate of drug-likeness (QED) is 0.877. The van der Waals surface area contributed by atoms with Crippen molar-refractivity contribution in [2.75, 3.05) is 11.9 Å². The Labute approximate surface area is 118 Å². The summed E-state index contributed by atoms with van der Waals surface area (Å²) in [4.78, 5) is 3.82. The highest BCUT2D eigenvalue weighted by Crippen LogP contribution is 2.35. The summed E-state index contributed by atoms with van der Waals surface area (Å²) in [5.41, 5.74) is 3.05. The second-order valence-corrected chi connectivity index (χ2v) is 4.98. The maximum absolute atomic E-state index is 13.3. The Morgan fingerprint density at radius 2 is 2.14 bits per heavy atom. The molecule has 0 saturated heterocycles. The molecule has 1 N–H and O–H groups in total. The van der Waals surface area contributed by atoms with Crippen LogP contribution in [0.4, 0.5) is 23.2 Å². The third-order valence-electron chi connectivity index (χ3n) is 3.54. The fourth-order valence-corrected chi connectivity index (χ4v) is 2.52. The van der Waals surface area contributed by atoms with Crippen molar-refractivity contribution in [2.45, 2.75) is 25.3 Å². The number of alkyl halides is 4. The second kappa shape index (κ2) is 5.05. The van der Waals surface area contributed by atoms with Gasteiger partial charge in [0.2, 0.25) is 0 Å². The molecule has 7 heteroatoms. The summed E-state index contributed by atoms with van der Waals surface area (Å²) in [6.07, 6.45) is -0.283. The van der Waals surface area contributed by atoms with E-state index in [4.69, 9.17) is 0 Å². The fourth-order valence-electron chi connectivity index (χ4n) is 2.52. The van der Waals surface area contributed by atoms with Crippen LogP contribution in [0.15, 0.2) is 30.7 Å². The number of hydrogen-bond donors (Lipinski definition) is 1. The molecule has 3 nitrogen and oxygen atoms in total. The van der Waals surface area contributed by atoms with Gasteiger partial charge in [-0.25, -0.2) is 13.8 Å². The number of rotatable bonds is 4. The molecule has 3 rings (SSSR count). The lowest BCUT2D eigenvalue weighted by Gasteiger charge is -2.18. The number of benzene rings is 1. The smallest absolute Gasteiger partial charge is 0.324 e. The van der Waals surface area contributed by atoms with Gasteiger partial charge in [0.25, 0.3) is 0 Å². The predicted molar refractivity (Wildman–Crippen MR) is 70.8 cm³/mol. The van der Waals surface area contributed by atoms with E-state index >= 15 is 0 Å². The van der Waals surface area contributed by atoms with E-state index in [2.05, 4.69) is 10.3 Å². The van der Waals surface area contributed by atoms with Gasteiger partial charge in [0, 0.05) is 17.8 Å². The van der Waals surface area contributed by atoms with Crippen LogP contribution in [-0.4, -0.2) is 28.4 Å². The molecule has 0 atom stereocenters. The largest absolute Gasteiger partial charge is 0.384 e. The van der Waals surface area contributed by atoms with Crippen LogP contribution in [0.5, 0.6) is 0 Å². The fraction of sp³-hybridized carbons (Fsp3) is 0.357. The minimum absolute atomic E-state index is 0.404. The van der Waals surface area contributed by atoms with Gasteiger partial charge >= 0.3 is 12.3 Å². The SMILES string of the molecule is FC(F)C(F)(F)Cn1cncc1-c1cccc2c1NCC2. The van der Waals surface area contributed by atoms with Crippen LogP contribution >= 0.6 is 0 Å². The third kappa shape index (κ3) is 2.48. The molecule has 0 radical (unpaired) electrons. The summed E-state index contributed by atoms with van der Waals surface area (Å²) in [7, 11) is 0. The first-order chi connectivity index (χ1) is 9.99. The summed E-state index contributed by atoms with van der Waals surface area (Å²) in [5, 5.41) is 3.19. The van der Waals surface area contributed by atoms with Crippen molar-refractivity contribution < 1.29 is 17.6 Å². The van der Waals surface area contributed by atoms with Gasteiger partial charge in [-0.3, -0.25) is 0 Å². The van der Waals surface area contributed by atoms with E-state index in [-0.39, 0.29) is 0 Å². The molecule has 2 aromatic rings. The van der Waals surface area contributed by atoms with Gasteiger partial charge < -0.3 is 9.88 Å². The Bertz CT molecular complexity index is 651. The number of nitrogens with one attached hydrogen (secondary N) is 1. The molecule has 0 bridgehead atoms. The summed E-state index contributed by atoms with van der Waals surface area (Å²) >= 11 is 0. The van der Waals surface area contributed by atoms with Gasteiger partial charge in [-0.05, 0) is 12.0 Å². The van der Waals surface area contributed by atoms with Crippen molar-refractivity contribution in [1.29, 1.82) is 0 Å². The van der Waals surface area contributed by atoms with E-state index < -0.39 is 18.9 Å². The van der Waals surface area contributed by atoms with E-state index in [1.54, 1.807) is 6.07 Å². The lowest BCUT2D eigenvalue weighted by atomic mass is 10.1. The average Bonchev–Trinajstić information content (AvgIpc) is 3.06. The highest BCUT2D eigenvalue weighted by molar-refractivity contribution is 5.79. The molecule has 1 aliphatic heterocycles. The highest BCUT2D eigenvalue weighted by Gasteiger charge is 2.41. The molecular formula is C14H13F4N3. The van der Waals surface area contributed by atoms with Gasteiger partial charge in [-0.15, -0.1) is 0 Å². The lowest BCUT2D eigenvalue weighted by Crippen LogP contribution is -2.32. The number of aromatic nitrogens is 2. The molecule has 0 spiro atoms. The first-order valence-electron chi connectivity index (χ1n) is 6.51. The molecule has 0 unspecified atom stereocenters. The topological polar surface area (TPSA) is 29.9 Å². The Morgan fingerprint density at radius 3 is 2.90 bits per heavy atom. The predicted octanol–water partition coefficient (Wildman–Crippen LogP) is 3.42. The third-order valence-corrected chi connectivity index (χ3v) is 3.54. The van der Waals surface area contributed by atoms with Crippen molar-refractivity contribution in [1.82, 2.24) is 9.55 Å². The van der Waals surface area contributed by atoms with Crippen LogP contribution < -0.4 is 5.32 Å². The number of hydrogen-bond acceptors (Lipinski definition) is 2. The summed E-state index contributed by atoms with van der Waals surface area (Å²) in [5.74, 6) is -4.08. The standard InChI is InChI=1S/C14H13F4N3/c15-13(16)14(17,18)7-21-8-19-6-11(21)10-3-1-2-9-4-5-20-12(9)10/h1-3,6,8,13,20H,4-5,7H2. The maximum Gasteiger partial charge on any atom is 0.324 e. The molecular weight excluding hydrogens is 286 g/mol.